The molecule has 0 atom stereocenters. The van der Waals surface area contributed by atoms with E-state index in [1.807, 2.05) is 30.3 Å². The van der Waals surface area contributed by atoms with Crippen molar-refractivity contribution in [2.45, 2.75) is 44.9 Å². The highest BCUT2D eigenvalue weighted by Crippen LogP contribution is 2.29. The van der Waals surface area contributed by atoms with Gasteiger partial charge in [-0.3, -0.25) is 14.6 Å². The zero-order chi connectivity index (χ0) is 25.2. The van der Waals surface area contributed by atoms with Crippen molar-refractivity contribution in [3.05, 3.63) is 107 Å². The molecule has 6 rings (SSSR count). The molecular formula is C31H33FN4O. The van der Waals surface area contributed by atoms with Crippen LogP contribution in [0.4, 0.5) is 4.39 Å². The van der Waals surface area contributed by atoms with E-state index < -0.39 is 0 Å². The van der Waals surface area contributed by atoms with Crippen LogP contribution < -0.4 is 5.32 Å². The second kappa shape index (κ2) is 10.5. The van der Waals surface area contributed by atoms with Gasteiger partial charge in [0.1, 0.15) is 5.82 Å². The van der Waals surface area contributed by atoms with Gasteiger partial charge in [0.15, 0.2) is 0 Å². The summed E-state index contributed by atoms with van der Waals surface area (Å²) in [7, 11) is 0. The van der Waals surface area contributed by atoms with Crippen LogP contribution in [0.2, 0.25) is 0 Å². The number of carbonyl (C=O) groups excluding carboxylic acids is 1. The Balaban J connectivity index is 1.09. The Bertz CT molecular complexity index is 1370. The van der Waals surface area contributed by atoms with Gasteiger partial charge >= 0.3 is 0 Å². The number of aromatic amines is 1. The number of piperidine rings is 1. The predicted molar refractivity (Wildman–Crippen MR) is 145 cm³/mol. The molecule has 0 radical (unpaired) electrons. The Hall–Kier alpha value is -3.48. The second-order valence-electron chi connectivity index (χ2n) is 10.4. The molecule has 0 spiro atoms. The minimum Gasteiger partial charge on any atom is -0.358 e. The van der Waals surface area contributed by atoms with Crippen LogP contribution in [0.1, 0.15) is 45.6 Å². The molecule has 5 nitrogen and oxygen atoms in total. The Morgan fingerprint density at radius 2 is 1.62 bits per heavy atom. The van der Waals surface area contributed by atoms with Crippen molar-refractivity contribution in [2.75, 3.05) is 19.6 Å². The number of rotatable bonds is 6. The van der Waals surface area contributed by atoms with Gasteiger partial charge in [-0.2, -0.15) is 0 Å². The van der Waals surface area contributed by atoms with Crippen LogP contribution in [0.25, 0.3) is 10.9 Å². The zero-order valence-electron chi connectivity index (χ0n) is 21.1. The Morgan fingerprint density at radius 3 is 2.41 bits per heavy atom. The van der Waals surface area contributed by atoms with Gasteiger partial charge in [-0.25, -0.2) is 4.39 Å². The molecule has 37 heavy (non-hydrogen) atoms. The van der Waals surface area contributed by atoms with E-state index in [2.05, 4.69) is 50.4 Å². The molecule has 3 aromatic carbocycles. The smallest absolute Gasteiger partial charge is 0.251 e. The van der Waals surface area contributed by atoms with E-state index in [-0.39, 0.29) is 17.8 Å². The number of nitrogens with one attached hydrogen (secondary N) is 2. The van der Waals surface area contributed by atoms with Gasteiger partial charge < -0.3 is 10.3 Å². The van der Waals surface area contributed by atoms with E-state index in [0.717, 1.165) is 80.6 Å². The molecule has 3 heterocycles. The molecule has 0 bridgehead atoms. The fraction of sp³-hybridized carbons (Fsp3) is 0.323. The highest BCUT2D eigenvalue weighted by atomic mass is 19.1. The first-order chi connectivity index (χ1) is 18.1. The van der Waals surface area contributed by atoms with Crippen molar-refractivity contribution in [1.82, 2.24) is 20.1 Å². The first-order valence-electron chi connectivity index (χ1n) is 13.3. The summed E-state index contributed by atoms with van der Waals surface area (Å²) in [6.45, 7) is 5.51. The molecule has 0 saturated carbocycles. The van der Waals surface area contributed by atoms with E-state index in [4.69, 9.17) is 0 Å². The molecule has 0 unspecified atom stereocenters. The number of aromatic nitrogens is 1. The topological polar surface area (TPSA) is 51.4 Å². The zero-order valence-corrected chi connectivity index (χ0v) is 21.1. The Labute approximate surface area is 217 Å². The lowest BCUT2D eigenvalue weighted by Crippen LogP contribution is -2.44. The van der Waals surface area contributed by atoms with Gasteiger partial charge in [0.2, 0.25) is 0 Å². The third-order valence-electron chi connectivity index (χ3n) is 7.81. The summed E-state index contributed by atoms with van der Waals surface area (Å²) < 4.78 is 13.3. The number of H-pyrrole nitrogens is 1. The molecule has 6 heteroatoms. The van der Waals surface area contributed by atoms with Gasteiger partial charge in [-0.05, 0) is 59.9 Å². The molecule has 190 valence electrons. The maximum absolute atomic E-state index is 13.3. The molecule has 2 aliphatic rings. The van der Waals surface area contributed by atoms with Crippen LogP contribution in [0, 0.1) is 5.82 Å². The van der Waals surface area contributed by atoms with Gasteiger partial charge in [0.25, 0.3) is 5.91 Å². The van der Waals surface area contributed by atoms with Gasteiger partial charge in [0.05, 0.1) is 0 Å². The fourth-order valence-corrected chi connectivity index (χ4v) is 5.74. The lowest BCUT2D eigenvalue weighted by atomic mass is 10.0. The number of nitrogens with zero attached hydrogens (tertiary/aromatic N) is 2. The molecule has 2 N–H and O–H groups in total. The largest absolute Gasteiger partial charge is 0.358 e. The Morgan fingerprint density at radius 1 is 0.892 bits per heavy atom. The average Bonchev–Trinajstić information content (AvgIpc) is 3.29. The second-order valence-corrected chi connectivity index (χ2v) is 10.4. The first kappa shape index (κ1) is 23.9. The van der Waals surface area contributed by atoms with Crippen LogP contribution in [0.5, 0.6) is 0 Å². The van der Waals surface area contributed by atoms with Gasteiger partial charge in [-0.15, -0.1) is 0 Å². The van der Waals surface area contributed by atoms with Gasteiger partial charge in [0, 0.05) is 73.9 Å². The number of hydrogen-bond donors (Lipinski definition) is 2. The lowest BCUT2D eigenvalue weighted by Gasteiger charge is -2.32. The summed E-state index contributed by atoms with van der Waals surface area (Å²) >= 11 is 0. The molecular weight excluding hydrogens is 463 g/mol. The molecule has 1 saturated heterocycles. The van der Waals surface area contributed by atoms with E-state index in [1.54, 1.807) is 0 Å². The number of fused-ring (bicyclic) bond motifs is 3. The molecule has 2 aliphatic heterocycles. The number of likely N-dealkylation sites (tertiary alicyclic amines) is 1. The summed E-state index contributed by atoms with van der Waals surface area (Å²) in [6, 6.07) is 23.6. The fourth-order valence-electron chi connectivity index (χ4n) is 5.74. The Kier molecular flexibility index (Phi) is 6.77. The monoisotopic (exact) mass is 496 g/mol. The number of hydrogen-bond acceptors (Lipinski definition) is 3. The van der Waals surface area contributed by atoms with Crippen molar-refractivity contribution >= 4 is 16.8 Å². The lowest BCUT2D eigenvalue weighted by molar-refractivity contribution is 0.0909. The quantitative estimate of drug-likeness (QED) is 0.383. The summed E-state index contributed by atoms with van der Waals surface area (Å²) in [5, 5.41) is 4.41. The highest BCUT2D eigenvalue weighted by Gasteiger charge is 2.24. The molecule has 4 aromatic rings. The van der Waals surface area contributed by atoms with Crippen molar-refractivity contribution in [3.63, 3.8) is 0 Å². The average molecular weight is 497 g/mol. The van der Waals surface area contributed by atoms with Crippen molar-refractivity contribution in [3.8, 4) is 0 Å². The van der Waals surface area contributed by atoms with Crippen LogP contribution in [0.15, 0.2) is 72.8 Å². The third-order valence-corrected chi connectivity index (χ3v) is 7.81. The van der Waals surface area contributed by atoms with E-state index >= 15 is 0 Å². The summed E-state index contributed by atoms with van der Waals surface area (Å²) in [4.78, 5) is 21.6. The van der Waals surface area contributed by atoms with E-state index in [0.29, 0.717) is 0 Å². The van der Waals surface area contributed by atoms with Crippen molar-refractivity contribution in [1.29, 1.82) is 0 Å². The summed E-state index contributed by atoms with van der Waals surface area (Å²) in [5.41, 5.74) is 6.78. The van der Waals surface area contributed by atoms with Crippen LogP contribution in [0.3, 0.4) is 0 Å². The summed E-state index contributed by atoms with van der Waals surface area (Å²) in [6.07, 6.45) is 2.88. The molecule has 1 fully saturated rings. The number of amides is 1. The number of benzene rings is 3. The third kappa shape index (κ3) is 5.45. The predicted octanol–water partition coefficient (Wildman–Crippen LogP) is 5.26. The normalized spacial score (nSPS) is 17.1. The maximum Gasteiger partial charge on any atom is 0.251 e. The van der Waals surface area contributed by atoms with Gasteiger partial charge in [-0.1, -0.05) is 42.5 Å². The van der Waals surface area contributed by atoms with E-state index in [1.165, 1.54) is 29.0 Å². The molecule has 1 aromatic heterocycles. The maximum atomic E-state index is 13.3. The first-order valence-corrected chi connectivity index (χ1v) is 13.3. The van der Waals surface area contributed by atoms with Crippen LogP contribution in [-0.4, -0.2) is 46.4 Å². The van der Waals surface area contributed by atoms with Crippen molar-refractivity contribution in [2.24, 2.45) is 0 Å². The standard InChI is InChI=1S/C31H33FN4O/c32-25-9-6-23(7-10-25)20-36-17-14-30-28(21-36)27-18-24(8-11-29(27)34-30)31(37)33-26-12-15-35(16-13-26)19-22-4-2-1-3-5-22/h1-11,18,26,34H,12-17,19-21H2,(H,33,37). The minimum atomic E-state index is -0.204. The number of halogens is 1. The highest BCUT2D eigenvalue weighted by molar-refractivity contribution is 5.99. The van der Waals surface area contributed by atoms with Crippen LogP contribution in [-0.2, 0) is 26.1 Å². The molecule has 0 aliphatic carbocycles. The summed E-state index contributed by atoms with van der Waals surface area (Å²) in [5.74, 6) is -0.192. The van der Waals surface area contributed by atoms with Crippen LogP contribution >= 0.6 is 0 Å². The van der Waals surface area contributed by atoms with E-state index in [9.17, 15) is 9.18 Å². The minimum absolute atomic E-state index is 0.0114. The SMILES string of the molecule is O=C(NC1CCN(Cc2ccccc2)CC1)c1ccc2[nH]c3c(c2c1)CN(Cc1ccc(F)cc1)CC3. The van der Waals surface area contributed by atoms with Crippen molar-refractivity contribution < 1.29 is 9.18 Å². The molecule has 1 amide bonds. The number of carbonyl (C=O) groups is 1.